The quantitative estimate of drug-likeness (QED) is 0.911. The molecule has 96 valence electrons. The number of nitrogens with zero attached hydrogens (tertiary/aromatic N) is 1. The van der Waals surface area contributed by atoms with Crippen molar-refractivity contribution in [2.75, 3.05) is 11.9 Å². The van der Waals surface area contributed by atoms with E-state index in [1.165, 1.54) is 0 Å². The van der Waals surface area contributed by atoms with Gasteiger partial charge in [0.25, 0.3) is 0 Å². The molecule has 0 aliphatic rings. The summed E-state index contributed by atoms with van der Waals surface area (Å²) in [5.41, 5.74) is -0.218. The standard InChI is InChI=1S/C13H15BrN2O2/c1-9-3-4-12(18-9)13(2,17)8-16-11-5-10(14)6-15-7-11/h3-7,16-17H,8H2,1-2H3. The van der Waals surface area contributed by atoms with Gasteiger partial charge in [-0.3, -0.25) is 4.98 Å². The summed E-state index contributed by atoms with van der Waals surface area (Å²) in [6, 6.07) is 5.52. The van der Waals surface area contributed by atoms with Crippen LogP contribution in [-0.2, 0) is 5.60 Å². The number of rotatable bonds is 4. The molecular formula is C13H15BrN2O2. The predicted octanol–water partition coefficient (Wildman–Crippen LogP) is 3.07. The third kappa shape index (κ3) is 3.11. The maximum atomic E-state index is 10.3. The molecule has 0 bridgehead atoms. The fourth-order valence-corrected chi connectivity index (χ4v) is 1.96. The maximum Gasteiger partial charge on any atom is 0.137 e. The Hall–Kier alpha value is -1.33. The van der Waals surface area contributed by atoms with Crippen LogP contribution in [0.1, 0.15) is 18.4 Å². The van der Waals surface area contributed by atoms with Gasteiger partial charge in [0.05, 0.1) is 18.4 Å². The second kappa shape index (κ2) is 5.12. The molecule has 0 aliphatic heterocycles. The van der Waals surface area contributed by atoms with Crippen LogP contribution in [0.2, 0.25) is 0 Å². The molecule has 0 saturated carbocycles. The van der Waals surface area contributed by atoms with Crippen LogP contribution in [0.4, 0.5) is 5.69 Å². The molecule has 2 N–H and O–H groups in total. The molecule has 2 heterocycles. The van der Waals surface area contributed by atoms with E-state index >= 15 is 0 Å². The molecule has 18 heavy (non-hydrogen) atoms. The number of halogens is 1. The molecular weight excluding hydrogens is 296 g/mol. The van der Waals surface area contributed by atoms with Gasteiger partial charge in [0.1, 0.15) is 17.1 Å². The first kappa shape index (κ1) is 13.1. The molecule has 2 aromatic rings. The SMILES string of the molecule is Cc1ccc(C(C)(O)CNc2cncc(Br)c2)o1. The van der Waals surface area contributed by atoms with Crippen LogP contribution in [-0.4, -0.2) is 16.6 Å². The zero-order valence-electron chi connectivity index (χ0n) is 10.3. The van der Waals surface area contributed by atoms with Crippen LogP contribution in [0, 0.1) is 6.92 Å². The fraction of sp³-hybridized carbons (Fsp3) is 0.308. The number of hydrogen-bond donors (Lipinski definition) is 2. The van der Waals surface area contributed by atoms with Gasteiger partial charge in [-0.2, -0.15) is 0 Å². The summed E-state index contributed by atoms with van der Waals surface area (Å²) in [6.45, 7) is 3.91. The molecule has 2 rings (SSSR count). The van der Waals surface area contributed by atoms with Gasteiger partial charge in [-0.15, -0.1) is 0 Å². The second-order valence-electron chi connectivity index (χ2n) is 4.43. The minimum absolute atomic E-state index is 0.345. The highest BCUT2D eigenvalue weighted by Gasteiger charge is 2.26. The van der Waals surface area contributed by atoms with Gasteiger partial charge in [-0.1, -0.05) is 0 Å². The van der Waals surface area contributed by atoms with Crippen molar-refractivity contribution in [1.82, 2.24) is 4.98 Å². The predicted molar refractivity (Wildman–Crippen MR) is 73.4 cm³/mol. The molecule has 0 aliphatic carbocycles. The summed E-state index contributed by atoms with van der Waals surface area (Å²) in [5, 5.41) is 13.5. The fourth-order valence-electron chi connectivity index (χ4n) is 1.59. The van der Waals surface area contributed by atoms with Gasteiger partial charge in [0.2, 0.25) is 0 Å². The summed E-state index contributed by atoms with van der Waals surface area (Å²) < 4.78 is 6.34. The number of anilines is 1. The molecule has 0 spiro atoms. The Morgan fingerprint density at radius 2 is 2.22 bits per heavy atom. The van der Waals surface area contributed by atoms with Crippen LogP contribution in [0.5, 0.6) is 0 Å². The topological polar surface area (TPSA) is 58.3 Å². The molecule has 5 heteroatoms. The molecule has 0 radical (unpaired) electrons. The third-order valence-electron chi connectivity index (χ3n) is 2.61. The number of aryl methyl sites for hydroxylation is 1. The smallest absolute Gasteiger partial charge is 0.137 e. The van der Waals surface area contributed by atoms with Crippen molar-refractivity contribution < 1.29 is 9.52 Å². The van der Waals surface area contributed by atoms with Crippen molar-refractivity contribution in [3.8, 4) is 0 Å². The molecule has 1 unspecified atom stereocenters. The summed E-state index contributed by atoms with van der Waals surface area (Å²) in [7, 11) is 0. The average Bonchev–Trinajstić information content (AvgIpc) is 2.74. The van der Waals surface area contributed by atoms with Crippen molar-refractivity contribution in [1.29, 1.82) is 0 Å². The van der Waals surface area contributed by atoms with E-state index < -0.39 is 5.60 Å². The van der Waals surface area contributed by atoms with Crippen molar-refractivity contribution in [2.24, 2.45) is 0 Å². The number of aliphatic hydroxyl groups is 1. The summed E-state index contributed by atoms with van der Waals surface area (Å²) in [5.74, 6) is 1.34. The number of nitrogens with one attached hydrogen (secondary N) is 1. The molecule has 0 aromatic carbocycles. The molecule has 0 amide bonds. The van der Waals surface area contributed by atoms with E-state index in [0.29, 0.717) is 12.3 Å². The van der Waals surface area contributed by atoms with Gasteiger partial charge in [-0.25, -0.2) is 0 Å². The van der Waals surface area contributed by atoms with Crippen LogP contribution in [0.3, 0.4) is 0 Å². The van der Waals surface area contributed by atoms with E-state index in [2.05, 4.69) is 26.2 Å². The number of furan rings is 1. The van der Waals surface area contributed by atoms with Gasteiger partial charge >= 0.3 is 0 Å². The van der Waals surface area contributed by atoms with Gasteiger partial charge < -0.3 is 14.8 Å². The zero-order chi connectivity index (χ0) is 13.2. The van der Waals surface area contributed by atoms with Crippen LogP contribution >= 0.6 is 15.9 Å². The Balaban J connectivity index is 2.05. The van der Waals surface area contributed by atoms with Crippen LogP contribution < -0.4 is 5.32 Å². The number of hydrogen-bond acceptors (Lipinski definition) is 4. The molecule has 0 saturated heterocycles. The molecule has 2 aromatic heterocycles. The largest absolute Gasteiger partial charge is 0.463 e. The van der Waals surface area contributed by atoms with Crippen molar-refractivity contribution in [2.45, 2.75) is 19.4 Å². The lowest BCUT2D eigenvalue weighted by Crippen LogP contribution is -2.30. The van der Waals surface area contributed by atoms with E-state index in [1.54, 1.807) is 25.4 Å². The Morgan fingerprint density at radius 3 is 2.83 bits per heavy atom. The monoisotopic (exact) mass is 310 g/mol. The Labute approximate surface area is 114 Å². The molecule has 1 atom stereocenters. The van der Waals surface area contributed by atoms with E-state index in [1.807, 2.05) is 19.1 Å². The highest BCUT2D eigenvalue weighted by molar-refractivity contribution is 9.10. The number of pyridine rings is 1. The summed E-state index contributed by atoms with van der Waals surface area (Å²) in [6.07, 6.45) is 3.41. The lowest BCUT2D eigenvalue weighted by Gasteiger charge is -2.21. The Bertz CT molecular complexity index is 537. The summed E-state index contributed by atoms with van der Waals surface area (Å²) >= 11 is 3.35. The lowest BCUT2D eigenvalue weighted by atomic mass is 10.0. The lowest BCUT2D eigenvalue weighted by molar-refractivity contribution is 0.0468. The van der Waals surface area contributed by atoms with E-state index in [-0.39, 0.29) is 0 Å². The minimum Gasteiger partial charge on any atom is -0.463 e. The first-order chi connectivity index (χ1) is 8.47. The van der Waals surface area contributed by atoms with Crippen molar-refractivity contribution >= 4 is 21.6 Å². The van der Waals surface area contributed by atoms with Gasteiger partial charge in [0.15, 0.2) is 0 Å². The maximum absolute atomic E-state index is 10.3. The zero-order valence-corrected chi connectivity index (χ0v) is 11.9. The highest BCUT2D eigenvalue weighted by Crippen LogP contribution is 2.23. The normalized spacial score (nSPS) is 14.2. The molecule has 4 nitrogen and oxygen atoms in total. The second-order valence-corrected chi connectivity index (χ2v) is 5.35. The highest BCUT2D eigenvalue weighted by atomic mass is 79.9. The Kier molecular flexibility index (Phi) is 3.73. The van der Waals surface area contributed by atoms with Crippen molar-refractivity contribution in [3.05, 3.63) is 46.6 Å². The van der Waals surface area contributed by atoms with Crippen molar-refractivity contribution in [3.63, 3.8) is 0 Å². The molecule has 0 fully saturated rings. The average molecular weight is 311 g/mol. The van der Waals surface area contributed by atoms with E-state index in [4.69, 9.17) is 4.42 Å². The van der Waals surface area contributed by atoms with E-state index in [0.717, 1.165) is 15.9 Å². The minimum atomic E-state index is -1.06. The Morgan fingerprint density at radius 1 is 1.44 bits per heavy atom. The third-order valence-corrected chi connectivity index (χ3v) is 3.05. The number of aromatic nitrogens is 1. The van der Waals surface area contributed by atoms with Gasteiger partial charge in [0, 0.05) is 10.7 Å². The van der Waals surface area contributed by atoms with Crippen LogP contribution in [0.25, 0.3) is 0 Å². The first-order valence-electron chi connectivity index (χ1n) is 5.61. The van der Waals surface area contributed by atoms with Crippen LogP contribution in [0.15, 0.2) is 39.5 Å². The van der Waals surface area contributed by atoms with E-state index in [9.17, 15) is 5.11 Å². The summed E-state index contributed by atoms with van der Waals surface area (Å²) in [4.78, 5) is 4.05. The first-order valence-corrected chi connectivity index (χ1v) is 6.40. The van der Waals surface area contributed by atoms with Gasteiger partial charge in [-0.05, 0) is 48.0 Å².